The summed E-state index contributed by atoms with van der Waals surface area (Å²) in [7, 11) is 0. The Labute approximate surface area is 537 Å². The number of aliphatic hydroxyl groups excluding tert-OH is 2. The Balaban J connectivity index is 3.40. The van der Waals surface area contributed by atoms with Crippen molar-refractivity contribution in [3.8, 4) is 0 Å². The van der Waals surface area contributed by atoms with Crippen molar-refractivity contribution in [2.24, 2.45) is 0 Å². The maximum absolute atomic E-state index is 12.5. The van der Waals surface area contributed by atoms with E-state index in [1.807, 2.05) is 6.08 Å². The smallest absolute Gasteiger partial charge is 0.305 e. The molecule has 86 heavy (non-hydrogen) atoms. The summed E-state index contributed by atoms with van der Waals surface area (Å²) in [5, 5.41) is 23.2. The predicted molar refractivity (Wildman–Crippen MR) is 379 cm³/mol. The molecule has 0 aromatic heterocycles. The number of allylic oxidation sites excluding steroid dienone is 9. The van der Waals surface area contributed by atoms with Gasteiger partial charge in [0, 0.05) is 12.8 Å². The average molecular weight is 1210 g/mol. The van der Waals surface area contributed by atoms with E-state index in [4.69, 9.17) is 4.74 Å². The van der Waals surface area contributed by atoms with E-state index in [-0.39, 0.29) is 18.5 Å². The number of carbonyl (C=O) groups excluding carboxylic acids is 2. The molecule has 3 N–H and O–H groups in total. The first-order valence-corrected chi connectivity index (χ1v) is 38.6. The Morgan fingerprint density at radius 3 is 0.895 bits per heavy atom. The van der Waals surface area contributed by atoms with E-state index in [9.17, 15) is 19.8 Å². The zero-order valence-electron chi connectivity index (χ0n) is 57.8. The summed E-state index contributed by atoms with van der Waals surface area (Å²) in [6.45, 7) is 4.91. The van der Waals surface area contributed by atoms with E-state index in [1.54, 1.807) is 6.08 Å². The van der Waals surface area contributed by atoms with Crippen molar-refractivity contribution in [2.75, 3.05) is 13.2 Å². The van der Waals surface area contributed by atoms with Crippen LogP contribution in [0.1, 0.15) is 412 Å². The average Bonchev–Trinajstić information content (AvgIpc) is 3.54. The molecule has 0 aromatic carbocycles. The van der Waals surface area contributed by atoms with Crippen LogP contribution in [-0.2, 0) is 14.3 Å². The molecule has 0 fully saturated rings. The van der Waals surface area contributed by atoms with Gasteiger partial charge in [-0.25, -0.2) is 0 Å². The monoisotopic (exact) mass is 1200 g/mol. The molecule has 1 amide bonds. The van der Waals surface area contributed by atoms with E-state index in [2.05, 4.69) is 67.8 Å². The molecule has 2 unspecified atom stereocenters. The van der Waals surface area contributed by atoms with Gasteiger partial charge in [-0.1, -0.05) is 364 Å². The van der Waals surface area contributed by atoms with Crippen molar-refractivity contribution >= 4 is 11.9 Å². The fourth-order valence-corrected chi connectivity index (χ4v) is 11.9. The number of unbranched alkanes of at least 4 members (excludes halogenated alkanes) is 53. The molecule has 0 saturated carbocycles. The molecule has 6 heteroatoms. The first-order chi connectivity index (χ1) is 42.5. The third kappa shape index (κ3) is 70.6. The maximum atomic E-state index is 12.5. The van der Waals surface area contributed by atoms with E-state index in [0.717, 1.165) is 57.8 Å². The lowest BCUT2D eigenvalue weighted by atomic mass is 10.0. The molecule has 6 nitrogen and oxygen atoms in total. The molecule has 504 valence electrons. The van der Waals surface area contributed by atoms with Gasteiger partial charge in [-0.05, 0) is 96.3 Å². The van der Waals surface area contributed by atoms with Gasteiger partial charge in [0.25, 0.3) is 0 Å². The largest absolute Gasteiger partial charge is 0.466 e. The van der Waals surface area contributed by atoms with Crippen LogP contribution >= 0.6 is 0 Å². The predicted octanol–water partition coefficient (Wildman–Crippen LogP) is 25.4. The number of esters is 1. The minimum atomic E-state index is -0.845. The van der Waals surface area contributed by atoms with Crippen LogP contribution in [0.2, 0.25) is 0 Å². The van der Waals surface area contributed by atoms with E-state index < -0.39 is 12.1 Å². The molecule has 0 aliphatic heterocycles. The van der Waals surface area contributed by atoms with Crippen LogP contribution in [0.4, 0.5) is 0 Å². The van der Waals surface area contributed by atoms with Gasteiger partial charge in [0.05, 0.1) is 25.4 Å². The highest BCUT2D eigenvalue weighted by molar-refractivity contribution is 5.76. The van der Waals surface area contributed by atoms with Crippen LogP contribution in [0.5, 0.6) is 0 Å². The molecule has 0 bridgehead atoms. The van der Waals surface area contributed by atoms with Gasteiger partial charge in [-0.3, -0.25) is 9.59 Å². The Morgan fingerprint density at radius 1 is 0.326 bits per heavy atom. The van der Waals surface area contributed by atoms with Crippen LogP contribution in [0.15, 0.2) is 60.8 Å². The SMILES string of the molecule is CCCCCC/C=C\C/C=C\CCCCCCCCCC(=O)OCCCCCCCCCCC/C=C\C/C=C\CCCCCCCCCCCCCCCCCCCC(=O)NC(CO)C(O)/C=C/CCCCCCCCCCCCCCCCCC. The number of hydrogen-bond donors (Lipinski definition) is 3. The third-order valence-electron chi connectivity index (χ3n) is 17.8. The van der Waals surface area contributed by atoms with Crippen molar-refractivity contribution in [1.82, 2.24) is 5.32 Å². The molecule has 2 atom stereocenters. The van der Waals surface area contributed by atoms with Gasteiger partial charge < -0.3 is 20.3 Å². The molecule has 0 aliphatic rings. The summed E-state index contributed by atoms with van der Waals surface area (Å²) in [4.78, 5) is 24.6. The van der Waals surface area contributed by atoms with Crippen molar-refractivity contribution in [1.29, 1.82) is 0 Å². The second-order valence-corrected chi connectivity index (χ2v) is 26.3. The molecule has 0 aromatic rings. The summed E-state index contributed by atoms with van der Waals surface area (Å²) in [6, 6.07) is -0.628. The molecule has 0 radical (unpaired) electrons. The fourth-order valence-electron chi connectivity index (χ4n) is 11.9. The van der Waals surface area contributed by atoms with Gasteiger partial charge >= 0.3 is 5.97 Å². The van der Waals surface area contributed by atoms with Crippen LogP contribution in [0.3, 0.4) is 0 Å². The molecule has 0 aliphatic carbocycles. The number of aliphatic hydroxyl groups is 2. The van der Waals surface area contributed by atoms with Crippen LogP contribution in [0, 0.1) is 0 Å². The molecule has 0 saturated heterocycles. The maximum Gasteiger partial charge on any atom is 0.305 e. The lowest BCUT2D eigenvalue weighted by Crippen LogP contribution is -2.45. The third-order valence-corrected chi connectivity index (χ3v) is 17.8. The van der Waals surface area contributed by atoms with Crippen LogP contribution in [0.25, 0.3) is 0 Å². The van der Waals surface area contributed by atoms with E-state index >= 15 is 0 Å². The molecule has 0 rings (SSSR count). The van der Waals surface area contributed by atoms with Gasteiger partial charge in [0.1, 0.15) is 0 Å². The summed E-state index contributed by atoms with van der Waals surface area (Å²) < 4.78 is 5.50. The first-order valence-electron chi connectivity index (χ1n) is 38.6. The number of hydrogen-bond acceptors (Lipinski definition) is 5. The number of rotatable bonds is 72. The standard InChI is InChI=1S/C80H149NO5/c1-3-5-7-9-11-13-15-17-19-21-40-44-48-52-56-60-64-68-72-78(83)77(76-82)81-79(84)73-69-65-61-57-53-49-45-41-38-36-34-32-30-28-26-24-23-25-27-29-31-33-35-37-39-43-47-51-55-59-63-67-71-75-86-80(85)74-70-66-62-58-54-50-46-42-22-20-18-16-14-12-10-8-6-4-2/h14,16,20,22,27,29,33,35,68,72,77-78,82-83H,3-13,15,17-19,21,23-26,28,30-32,34,36-67,69-71,73-76H2,1-2H3,(H,81,84)/b16-14-,22-20-,29-27-,35-33-,72-68+. The summed E-state index contributed by atoms with van der Waals surface area (Å²) in [6.07, 6.45) is 100. The van der Waals surface area contributed by atoms with Gasteiger partial charge in [0.2, 0.25) is 5.91 Å². The minimum Gasteiger partial charge on any atom is -0.466 e. The minimum absolute atomic E-state index is 0.00671. The van der Waals surface area contributed by atoms with Crippen molar-refractivity contribution in [3.05, 3.63) is 60.8 Å². The summed E-state index contributed by atoms with van der Waals surface area (Å²) >= 11 is 0. The zero-order chi connectivity index (χ0) is 62.0. The lowest BCUT2D eigenvalue weighted by Gasteiger charge is -2.20. The fraction of sp³-hybridized carbons (Fsp3) is 0.850. The Hall–Kier alpha value is -2.44. The van der Waals surface area contributed by atoms with Gasteiger partial charge in [-0.15, -0.1) is 0 Å². The Morgan fingerprint density at radius 2 is 0.581 bits per heavy atom. The second kappa shape index (κ2) is 75.0. The first kappa shape index (κ1) is 83.6. The topological polar surface area (TPSA) is 95.9 Å². The van der Waals surface area contributed by atoms with Crippen molar-refractivity contribution < 1.29 is 24.5 Å². The Bertz CT molecular complexity index is 1480. The van der Waals surface area contributed by atoms with E-state index in [0.29, 0.717) is 19.4 Å². The highest BCUT2D eigenvalue weighted by Crippen LogP contribution is 2.19. The van der Waals surface area contributed by atoms with Gasteiger partial charge in [0.15, 0.2) is 0 Å². The number of carbonyl (C=O) groups is 2. The lowest BCUT2D eigenvalue weighted by molar-refractivity contribution is -0.143. The second-order valence-electron chi connectivity index (χ2n) is 26.3. The quantitative estimate of drug-likeness (QED) is 0.0320. The molecule has 0 spiro atoms. The van der Waals surface area contributed by atoms with Crippen LogP contribution < -0.4 is 5.32 Å². The number of ether oxygens (including phenoxy) is 1. The molecular weight excluding hydrogens is 1050 g/mol. The summed E-state index contributed by atoms with van der Waals surface area (Å²) in [5.41, 5.74) is 0. The zero-order valence-corrected chi connectivity index (χ0v) is 57.8. The molecular formula is C80H149NO5. The highest BCUT2D eigenvalue weighted by atomic mass is 16.5. The van der Waals surface area contributed by atoms with Crippen molar-refractivity contribution in [2.45, 2.75) is 424 Å². The number of nitrogens with one attached hydrogen (secondary N) is 1. The van der Waals surface area contributed by atoms with Gasteiger partial charge in [-0.2, -0.15) is 0 Å². The van der Waals surface area contributed by atoms with Crippen LogP contribution in [-0.4, -0.2) is 47.4 Å². The van der Waals surface area contributed by atoms with Crippen molar-refractivity contribution in [3.63, 3.8) is 0 Å². The van der Waals surface area contributed by atoms with E-state index in [1.165, 1.54) is 327 Å². The highest BCUT2D eigenvalue weighted by Gasteiger charge is 2.18. The normalized spacial score (nSPS) is 12.8. The number of amides is 1. The molecule has 0 heterocycles. The Kier molecular flexibility index (Phi) is 72.9. The summed E-state index contributed by atoms with van der Waals surface area (Å²) in [5.74, 6) is -0.0566.